The maximum absolute atomic E-state index is 12.3. The standard InChI is InChI=1S/C32H57O8P/c1-3-5-7-9-11-13-14-15-16-17-18-19-21-23-25-27-32(34)40-30(29-39-41(35,36)37)28-38-31(33)26-24-22-20-12-10-8-6-4-2/h5,7,11,13,15-16,30H,3-4,6,8-10,12,14,17-29H2,1-2H3,(H2,35,36,37)/b7-5+,13-11+,16-15+/t30-/m1/s1. The number of phosphoric acid groups is 1. The van der Waals surface area contributed by atoms with Crippen LogP contribution in [-0.4, -0.2) is 41.0 Å². The van der Waals surface area contributed by atoms with Gasteiger partial charge in [0, 0.05) is 12.8 Å². The molecular formula is C32H57O8P. The molecule has 8 nitrogen and oxygen atoms in total. The van der Waals surface area contributed by atoms with Crippen molar-refractivity contribution in [1.29, 1.82) is 0 Å². The van der Waals surface area contributed by atoms with Crippen molar-refractivity contribution in [3.63, 3.8) is 0 Å². The lowest BCUT2D eigenvalue weighted by Crippen LogP contribution is -2.29. The maximum atomic E-state index is 12.3. The second-order valence-corrected chi connectivity index (χ2v) is 11.6. The zero-order valence-corrected chi connectivity index (χ0v) is 26.6. The van der Waals surface area contributed by atoms with Crippen molar-refractivity contribution in [2.75, 3.05) is 13.2 Å². The summed E-state index contributed by atoms with van der Waals surface area (Å²) in [5, 5.41) is 0. The van der Waals surface area contributed by atoms with Crippen molar-refractivity contribution in [3.05, 3.63) is 36.5 Å². The van der Waals surface area contributed by atoms with Crippen LogP contribution in [0.15, 0.2) is 36.5 Å². The first kappa shape index (κ1) is 39.3. The third kappa shape index (κ3) is 31.0. The fourth-order valence-electron chi connectivity index (χ4n) is 4.09. The van der Waals surface area contributed by atoms with Crippen molar-refractivity contribution < 1.29 is 37.9 Å². The number of ether oxygens (including phenoxy) is 2. The van der Waals surface area contributed by atoms with Gasteiger partial charge in [-0.15, -0.1) is 0 Å². The second-order valence-electron chi connectivity index (χ2n) is 10.4. The largest absolute Gasteiger partial charge is 0.469 e. The van der Waals surface area contributed by atoms with Gasteiger partial charge in [-0.3, -0.25) is 14.1 Å². The van der Waals surface area contributed by atoms with E-state index in [-0.39, 0.29) is 19.4 Å². The fourth-order valence-corrected chi connectivity index (χ4v) is 4.45. The summed E-state index contributed by atoms with van der Waals surface area (Å²) in [5.74, 6) is -0.913. The average molecular weight is 601 g/mol. The first-order chi connectivity index (χ1) is 19.8. The molecule has 41 heavy (non-hydrogen) atoms. The quantitative estimate of drug-likeness (QED) is 0.0396. The Bertz CT molecular complexity index is 772. The summed E-state index contributed by atoms with van der Waals surface area (Å²) in [6, 6.07) is 0. The van der Waals surface area contributed by atoms with Gasteiger partial charge < -0.3 is 19.3 Å². The molecule has 0 fully saturated rings. The van der Waals surface area contributed by atoms with Crippen molar-refractivity contribution in [2.45, 2.75) is 142 Å². The highest BCUT2D eigenvalue weighted by Gasteiger charge is 2.22. The minimum atomic E-state index is -4.74. The summed E-state index contributed by atoms with van der Waals surface area (Å²) in [7, 11) is -4.74. The summed E-state index contributed by atoms with van der Waals surface area (Å²) >= 11 is 0. The van der Waals surface area contributed by atoms with Crippen LogP contribution in [0, 0.1) is 0 Å². The Morgan fingerprint density at radius 2 is 1.17 bits per heavy atom. The molecule has 0 aromatic carbocycles. The van der Waals surface area contributed by atoms with Gasteiger partial charge in [-0.25, -0.2) is 4.57 Å². The van der Waals surface area contributed by atoms with Gasteiger partial charge in [0.25, 0.3) is 0 Å². The van der Waals surface area contributed by atoms with Gasteiger partial charge in [0.1, 0.15) is 6.61 Å². The third-order valence-corrected chi connectivity index (χ3v) is 6.91. The molecule has 0 heterocycles. The second kappa shape index (κ2) is 28.4. The highest BCUT2D eigenvalue weighted by Crippen LogP contribution is 2.35. The Balaban J connectivity index is 4.07. The van der Waals surface area contributed by atoms with E-state index in [2.05, 4.69) is 54.8 Å². The summed E-state index contributed by atoms with van der Waals surface area (Å²) in [6.45, 7) is 3.49. The molecule has 0 saturated heterocycles. The van der Waals surface area contributed by atoms with Gasteiger partial charge in [0.15, 0.2) is 6.10 Å². The first-order valence-corrected chi connectivity index (χ1v) is 17.3. The Kier molecular flexibility index (Phi) is 27.2. The minimum Gasteiger partial charge on any atom is -0.462 e. The Morgan fingerprint density at radius 1 is 0.659 bits per heavy atom. The van der Waals surface area contributed by atoms with Gasteiger partial charge in [0.2, 0.25) is 0 Å². The monoisotopic (exact) mass is 600 g/mol. The SMILES string of the molecule is CC/C=C/C/C=C/C/C=C/CCCCCCCC(=O)O[C@H](COC(=O)CCCCCCCCCC)COP(=O)(O)O. The smallest absolute Gasteiger partial charge is 0.462 e. The minimum absolute atomic E-state index is 0.193. The van der Waals surface area contributed by atoms with E-state index >= 15 is 0 Å². The van der Waals surface area contributed by atoms with Crippen LogP contribution < -0.4 is 0 Å². The molecule has 2 N–H and O–H groups in total. The number of esters is 2. The van der Waals surface area contributed by atoms with Crippen LogP contribution in [0.5, 0.6) is 0 Å². The van der Waals surface area contributed by atoms with Crippen molar-refractivity contribution >= 4 is 19.8 Å². The van der Waals surface area contributed by atoms with Gasteiger partial charge in [-0.05, 0) is 44.9 Å². The molecule has 0 spiro atoms. The van der Waals surface area contributed by atoms with E-state index in [9.17, 15) is 14.2 Å². The number of rotatable bonds is 28. The number of hydrogen-bond donors (Lipinski definition) is 2. The molecule has 238 valence electrons. The highest BCUT2D eigenvalue weighted by atomic mass is 31.2. The van der Waals surface area contributed by atoms with E-state index in [1.165, 1.54) is 32.1 Å². The van der Waals surface area contributed by atoms with Crippen LogP contribution in [0.2, 0.25) is 0 Å². The number of unbranched alkanes of at least 4 members (excludes halogenated alkanes) is 12. The van der Waals surface area contributed by atoms with E-state index in [0.717, 1.165) is 70.6 Å². The summed E-state index contributed by atoms with van der Waals surface area (Å²) in [5.41, 5.74) is 0. The molecule has 9 heteroatoms. The summed E-state index contributed by atoms with van der Waals surface area (Å²) < 4.78 is 26.1. The molecule has 0 aromatic rings. The lowest BCUT2D eigenvalue weighted by atomic mass is 10.1. The molecule has 0 aliphatic heterocycles. The molecule has 0 amide bonds. The molecule has 0 aliphatic rings. The van der Waals surface area contributed by atoms with Crippen molar-refractivity contribution in [2.24, 2.45) is 0 Å². The summed E-state index contributed by atoms with van der Waals surface area (Å²) in [4.78, 5) is 42.3. The molecule has 0 aliphatic carbocycles. The van der Waals surface area contributed by atoms with Gasteiger partial charge in [-0.2, -0.15) is 0 Å². The maximum Gasteiger partial charge on any atom is 0.469 e. The van der Waals surface area contributed by atoms with Crippen LogP contribution in [0.4, 0.5) is 0 Å². The molecule has 0 unspecified atom stereocenters. The molecule has 0 bridgehead atoms. The van der Waals surface area contributed by atoms with E-state index in [1.54, 1.807) is 0 Å². The van der Waals surface area contributed by atoms with E-state index in [1.807, 2.05) is 0 Å². The first-order valence-electron chi connectivity index (χ1n) is 15.8. The number of carbonyl (C=O) groups is 2. The fraction of sp³-hybridized carbons (Fsp3) is 0.750. The van der Waals surface area contributed by atoms with E-state index in [0.29, 0.717) is 6.42 Å². The predicted octanol–water partition coefficient (Wildman–Crippen LogP) is 8.67. The van der Waals surface area contributed by atoms with Crippen LogP contribution >= 0.6 is 7.82 Å². The number of phosphoric ester groups is 1. The van der Waals surface area contributed by atoms with Crippen LogP contribution in [0.1, 0.15) is 136 Å². The molecule has 0 aromatic heterocycles. The molecule has 0 radical (unpaired) electrons. The average Bonchev–Trinajstić information content (AvgIpc) is 2.93. The van der Waals surface area contributed by atoms with Gasteiger partial charge in [0.05, 0.1) is 6.61 Å². The Labute approximate surface area is 249 Å². The lowest BCUT2D eigenvalue weighted by Gasteiger charge is -2.18. The zero-order valence-electron chi connectivity index (χ0n) is 25.7. The molecule has 0 saturated carbocycles. The molecular weight excluding hydrogens is 543 g/mol. The van der Waals surface area contributed by atoms with E-state index < -0.39 is 32.5 Å². The normalized spacial score (nSPS) is 13.0. The zero-order chi connectivity index (χ0) is 30.4. The topological polar surface area (TPSA) is 119 Å². The van der Waals surface area contributed by atoms with Gasteiger partial charge >= 0.3 is 19.8 Å². The number of allylic oxidation sites excluding steroid dienone is 6. The van der Waals surface area contributed by atoms with Crippen LogP contribution in [-0.2, 0) is 28.2 Å². The molecule has 0 rings (SSSR count). The highest BCUT2D eigenvalue weighted by molar-refractivity contribution is 7.46. The third-order valence-electron chi connectivity index (χ3n) is 6.42. The Morgan fingerprint density at radius 3 is 1.76 bits per heavy atom. The van der Waals surface area contributed by atoms with Crippen molar-refractivity contribution in [1.82, 2.24) is 0 Å². The van der Waals surface area contributed by atoms with Crippen LogP contribution in [0.25, 0.3) is 0 Å². The summed E-state index contributed by atoms with van der Waals surface area (Å²) in [6.07, 6.45) is 30.2. The van der Waals surface area contributed by atoms with E-state index in [4.69, 9.17) is 19.3 Å². The van der Waals surface area contributed by atoms with Crippen LogP contribution in [0.3, 0.4) is 0 Å². The molecule has 1 atom stereocenters. The van der Waals surface area contributed by atoms with Crippen molar-refractivity contribution in [3.8, 4) is 0 Å². The number of carbonyl (C=O) groups excluding carboxylic acids is 2. The Hall–Kier alpha value is -1.73. The number of hydrogen-bond acceptors (Lipinski definition) is 6. The predicted molar refractivity (Wildman–Crippen MR) is 165 cm³/mol. The van der Waals surface area contributed by atoms with Gasteiger partial charge in [-0.1, -0.05) is 115 Å². The lowest BCUT2D eigenvalue weighted by molar-refractivity contribution is -0.161.